The Balaban J connectivity index is 2.16. The highest BCUT2D eigenvalue weighted by Crippen LogP contribution is 2.41. The number of carboxylic acid groups (broad SMARTS) is 1. The molecule has 0 radical (unpaired) electrons. The van der Waals surface area contributed by atoms with E-state index in [9.17, 15) is 29.6 Å². The predicted octanol–water partition coefficient (Wildman–Crippen LogP) is 1.47. The van der Waals surface area contributed by atoms with Crippen LogP contribution in [-0.4, -0.2) is 65.9 Å². The Morgan fingerprint density at radius 3 is 2.53 bits per heavy atom. The molecule has 0 saturated heterocycles. The number of nitro groups is 1. The Labute approximate surface area is 204 Å². The molecule has 0 bridgehead atoms. The summed E-state index contributed by atoms with van der Waals surface area (Å²) < 4.78 is 0.563. The number of nitrogen functional groups attached to an aromatic ring is 1. The monoisotopic (exact) mass is 535 g/mol. The highest BCUT2D eigenvalue weighted by atomic mass is 35.6. The van der Waals surface area contributed by atoms with Crippen molar-refractivity contribution < 1.29 is 19.6 Å². The van der Waals surface area contributed by atoms with E-state index in [4.69, 9.17) is 40.6 Å². The molecule has 0 spiro atoms. The number of halogens is 3. The fourth-order valence-corrected chi connectivity index (χ4v) is 4.04. The molecule has 34 heavy (non-hydrogen) atoms. The molecule has 3 aromatic rings. The standard InChI is InChI=1S/C16H16Cl3N9O6/c1-7(29)11-23-12(30)10-13(27(11)20)26(6-22-10)14(16(17,18)19)25(15(31)32)4-3-24-8(2)21-5-9(24)28(33)34/h5-6,14H,3-4,20H2,1-2H3,(H,31,32). The van der Waals surface area contributed by atoms with Crippen molar-refractivity contribution in [1.29, 1.82) is 0 Å². The van der Waals surface area contributed by atoms with E-state index in [-0.39, 0.29) is 29.4 Å². The van der Waals surface area contributed by atoms with Crippen molar-refractivity contribution in [2.45, 2.75) is 30.4 Å². The second kappa shape index (κ2) is 9.08. The van der Waals surface area contributed by atoms with Crippen LogP contribution < -0.4 is 11.4 Å². The lowest BCUT2D eigenvalue weighted by Crippen LogP contribution is -2.45. The number of nitrogens with two attached hydrogens (primary N) is 1. The molecule has 3 aromatic heterocycles. The smallest absolute Gasteiger partial charge is 0.409 e. The number of carbonyl (C=O) groups excluding carboxylic acids is 1. The quantitative estimate of drug-likeness (QED) is 0.146. The lowest BCUT2D eigenvalue weighted by atomic mass is 10.3. The molecule has 0 aromatic carbocycles. The number of Topliss-reactive ketones (excluding diaryl/α,β-unsaturated/α-hetero) is 1. The number of alkyl halides is 3. The Kier molecular flexibility index (Phi) is 6.73. The third-order valence-electron chi connectivity index (χ3n) is 4.83. The summed E-state index contributed by atoms with van der Waals surface area (Å²) >= 11 is 18.4. The normalized spacial score (nSPS) is 12.6. The summed E-state index contributed by atoms with van der Waals surface area (Å²) in [4.78, 5) is 59.0. The van der Waals surface area contributed by atoms with Crippen molar-refractivity contribution in [3.05, 3.63) is 44.6 Å². The van der Waals surface area contributed by atoms with Gasteiger partial charge in [-0.05, 0) is 4.92 Å². The van der Waals surface area contributed by atoms with Crippen LogP contribution in [-0.2, 0) is 6.54 Å². The Morgan fingerprint density at radius 1 is 1.35 bits per heavy atom. The average Bonchev–Trinajstić information content (AvgIpc) is 3.30. The molecule has 0 aliphatic heterocycles. The van der Waals surface area contributed by atoms with Crippen LogP contribution in [0.1, 0.15) is 29.5 Å². The first kappa shape index (κ1) is 25.2. The van der Waals surface area contributed by atoms with Gasteiger partial charge in [-0.2, -0.15) is 4.98 Å². The van der Waals surface area contributed by atoms with Crippen LogP contribution in [0.5, 0.6) is 0 Å². The third kappa shape index (κ3) is 4.49. The van der Waals surface area contributed by atoms with Gasteiger partial charge in [-0.15, -0.1) is 0 Å². The van der Waals surface area contributed by atoms with E-state index in [0.29, 0.717) is 4.90 Å². The van der Waals surface area contributed by atoms with Crippen molar-refractivity contribution in [3.63, 3.8) is 0 Å². The number of carbonyl (C=O) groups is 2. The molecule has 3 N–H and O–H groups in total. The second-order valence-electron chi connectivity index (χ2n) is 6.95. The molecule has 1 atom stereocenters. The van der Waals surface area contributed by atoms with Gasteiger partial charge in [0.25, 0.3) is 0 Å². The molecule has 18 heteroatoms. The lowest BCUT2D eigenvalue weighted by molar-refractivity contribution is -0.392. The summed E-state index contributed by atoms with van der Waals surface area (Å²) in [6, 6.07) is 0. The molecule has 0 aliphatic rings. The maximum absolute atomic E-state index is 12.4. The highest BCUT2D eigenvalue weighted by Gasteiger charge is 2.43. The summed E-state index contributed by atoms with van der Waals surface area (Å²) in [7, 11) is 0. The molecule has 0 fully saturated rings. The number of aromatic nitrogens is 6. The summed E-state index contributed by atoms with van der Waals surface area (Å²) in [6.07, 6.45) is -1.20. The summed E-state index contributed by atoms with van der Waals surface area (Å²) in [5, 5.41) is 21.2. The van der Waals surface area contributed by atoms with E-state index < -0.39 is 44.7 Å². The molecular formula is C16H16Cl3N9O6. The Bertz CT molecular complexity index is 1360. The predicted molar refractivity (Wildman–Crippen MR) is 120 cm³/mol. The first-order valence-electron chi connectivity index (χ1n) is 9.24. The van der Waals surface area contributed by atoms with Crippen molar-refractivity contribution in [1.82, 2.24) is 33.7 Å². The van der Waals surface area contributed by atoms with Crippen LogP contribution in [0.4, 0.5) is 10.6 Å². The molecule has 0 saturated carbocycles. The average molecular weight is 537 g/mol. The maximum Gasteiger partial charge on any atom is 0.409 e. The zero-order valence-corrected chi connectivity index (χ0v) is 19.7. The molecule has 182 valence electrons. The van der Waals surface area contributed by atoms with Crippen molar-refractivity contribution in [2.75, 3.05) is 12.4 Å². The summed E-state index contributed by atoms with van der Waals surface area (Å²) in [6.45, 7) is 1.98. The van der Waals surface area contributed by atoms with E-state index >= 15 is 0 Å². The van der Waals surface area contributed by atoms with E-state index in [2.05, 4.69) is 15.0 Å². The summed E-state index contributed by atoms with van der Waals surface area (Å²) in [5.74, 6) is 4.76. The van der Waals surface area contributed by atoms with Crippen LogP contribution in [0.2, 0.25) is 0 Å². The molecule has 0 aliphatic carbocycles. The number of hydrogen-bond donors (Lipinski definition) is 2. The zero-order chi connectivity index (χ0) is 25.5. The van der Waals surface area contributed by atoms with Gasteiger partial charge >= 0.3 is 17.5 Å². The largest absolute Gasteiger partial charge is 0.465 e. The van der Waals surface area contributed by atoms with Gasteiger partial charge in [-0.1, -0.05) is 34.8 Å². The number of ketones is 1. The number of aryl methyl sites for hydroxylation is 1. The third-order valence-corrected chi connectivity index (χ3v) is 5.42. The van der Waals surface area contributed by atoms with Crippen LogP contribution in [0.3, 0.4) is 0 Å². The molecule has 1 amide bonds. The SMILES string of the molecule is CC(=O)c1nc(=O)c2ncn(C(N(CCn3c([N+](=O)[O-])cnc3C)C(=O)O)C(Cl)(Cl)Cl)c2n1N. The summed E-state index contributed by atoms with van der Waals surface area (Å²) in [5.41, 5.74) is -1.45. The van der Waals surface area contributed by atoms with Crippen LogP contribution in [0.15, 0.2) is 17.3 Å². The number of rotatable bonds is 7. The minimum Gasteiger partial charge on any atom is -0.465 e. The molecule has 3 rings (SSSR count). The van der Waals surface area contributed by atoms with Gasteiger partial charge in [-0.3, -0.25) is 19.1 Å². The minimum absolute atomic E-state index is 0.228. The number of hydrogen-bond acceptors (Lipinski definition) is 9. The van der Waals surface area contributed by atoms with Crippen LogP contribution in [0, 0.1) is 17.0 Å². The molecule has 3 heterocycles. The number of amides is 1. The lowest BCUT2D eigenvalue weighted by Gasteiger charge is -2.35. The Hall–Kier alpha value is -3.43. The fraction of sp³-hybridized carbons (Fsp3) is 0.375. The molecular weight excluding hydrogens is 521 g/mol. The van der Waals surface area contributed by atoms with E-state index in [1.54, 1.807) is 0 Å². The van der Waals surface area contributed by atoms with Crippen LogP contribution in [0.25, 0.3) is 11.2 Å². The van der Waals surface area contributed by atoms with Gasteiger partial charge in [0.2, 0.25) is 3.79 Å². The van der Waals surface area contributed by atoms with Crippen LogP contribution >= 0.6 is 34.8 Å². The van der Waals surface area contributed by atoms with Crippen molar-refractivity contribution in [3.8, 4) is 0 Å². The molecule has 15 nitrogen and oxygen atoms in total. The first-order chi connectivity index (χ1) is 15.8. The van der Waals surface area contributed by atoms with Gasteiger partial charge < -0.3 is 21.1 Å². The number of fused-ring (bicyclic) bond motifs is 1. The van der Waals surface area contributed by atoms with E-state index in [0.717, 1.165) is 28.7 Å². The topological polar surface area (TPSA) is 197 Å². The van der Waals surface area contributed by atoms with Gasteiger partial charge in [0, 0.05) is 13.8 Å². The zero-order valence-electron chi connectivity index (χ0n) is 17.4. The Morgan fingerprint density at radius 2 is 2.00 bits per heavy atom. The van der Waals surface area contributed by atoms with Crippen molar-refractivity contribution in [2.24, 2.45) is 0 Å². The van der Waals surface area contributed by atoms with Gasteiger partial charge in [0.05, 0.1) is 12.9 Å². The number of nitrogens with zero attached hydrogens (tertiary/aromatic N) is 8. The number of imidazole rings is 2. The van der Waals surface area contributed by atoms with Gasteiger partial charge in [0.1, 0.15) is 12.7 Å². The highest BCUT2D eigenvalue weighted by molar-refractivity contribution is 6.68. The molecule has 1 unspecified atom stereocenters. The van der Waals surface area contributed by atoms with E-state index in [1.165, 1.54) is 11.5 Å². The second-order valence-corrected chi connectivity index (χ2v) is 9.32. The van der Waals surface area contributed by atoms with Gasteiger partial charge in [-0.25, -0.2) is 24.0 Å². The maximum atomic E-state index is 12.4. The first-order valence-corrected chi connectivity index (χ1v) is 10.4. The minimum atomic E-state index is -2.35. The van der Waals surface area contributed by atoms with E-state index in [1.807, 2.05) is 0 Å². The van der Waals surface area contributed by atoms with Gasteiger partial charge in [0.15, 0.2) is 34.8 Å². The van der Waals surface area contributed by atoms with Crippen molar-refractivity contribution >= 4 is 63.7 Å². The fourth-order valence-electron chi connectivity index (χ4n) is 3.37.